The zero-order valence-corrected chi connectivity index (χ0v) is 8.58. The average molecular weight is 193 g/mol. The van der Waals surface area contributed by atoms with Gasteiger partial charge in [-0.15, -0.1) is 0 Å². The summed E-state index contributed by atoms with van der Waals surface area (Å²) in [6.07, 6.45) is 3.86. The lowest BCUT2D eigenvalue weighted by Crippen LogP contribution is -2.25. The summed E-state index contributed by atoms with van der Waals surface area (Å²) in [5.41, 5.74) is 1.40. The molecule has 0 radical (unpaired) electrons. The van der Waals surface area contributed by atoms with Crippen LogP contribution < -0.4 is 0 Å². The summed E-state index contributed by atoms with van der Waals surface area (Å²) in [6.45, 7) is 1.11. The van der Waals surface area contributed by atoms with Gasteiger partial charge in [0.1, 0.15) is 0 Å². The Morgan fingerprint density at radius 1 is 1.15 bits per heavy atom. The van der Waals surface area contributed by atoms with Crippen LogP contribution in [0.1, 0.15) is 30.9 Å². The van der Waals surface area contributed by atoms with Crippen molar-refractivity contribution < 1.29 is 0 Å². The SMILES string of the molecule is SN1CCCCC1c1ccccc1. The fourth-order valence-electron chi connectivity index (χ4n) is 1.93. The maximum atomic E-state index is 4.50. The number of benzene rings is 1. The molecule has 13 heavy (non-hydrogen) atoms. The van der Waals surface area contributed by atoms with Crippen LogP contribution >= 0.6 is 12.8 Å². The molecule has 2 rings (SSSR count). The zero-order valence-electron chi connectivity index (χ0n) is 7.69. The van der Waals surface area contributed by atoms with Crippen molar-refractivity contribution in [3.63, 3.8) is 0 Å². The number of hydrogen-bond acceptors (Lipinski definition) is 2. The fraction of sp³-hybridized carbons (Fsp3) is 0.455. The maximum absolute atomic E-state index is 4.50. The van der Waals surface area contributed by atoms with E-state index in [2.05, 4.69) is 47.5 Å². The molecule has 1 heterocycles. The molecule has 1 nitrogen and oxygen atoms in total. The topological polar surface area (TPSA) is 3.24 Å². The van der Waals surface area contributed by atoms with E-state index in [0.29, 0.717) is 6.04 Å². The molecule has 1 fully saturated rings. The highest BCUT2D eigenvalue weighted by Gasteiger charge is 2.20. The molecule has 0 saturated carbocycles. The van der Waals surface area contributed by atoms with E-state index >= 15 is 0 Å². The zero-order chi connectivity index (χ0) is 9.10. The van der Waals surface area contributed by atoms with Crippen molar-refractivity contribution in [2.45, 2.75) is 25.3 Å². The van der Waals surface area contributed by atoms with Gasteiger partial charge < -0.3 is 0 Å². The second-order valence-corrected chi connectivity index (χ2v) is 4.10. The second kappa shape index (κ2) is 4.16. The molecule has 1 unspecified atom stereocenters. The molecule has 0 aliphatic carbocycles. The normalized spacial score (nSPS) is 24.5. The van der Waals surface area contributed by atoms with Gasteiger partial charge in [0.2, 0.25) is 0 Å². The lowest BCUT2D eigenvalue weighted by Gasteiger charge is -2.31. The van der Waals surface area contributed by atoms with Crippen LogP contribution in [0, 0.1) is 0 Å². The third-order valence-corrected chi connectivity index (χ3v) is 3.14. The van der Waals surface area contributed by atoms with Crippen molar-refractivity contribution in [3.8, 4) is 0 Å². The molecule has 0 amide bonds. The Balaban J connectivity index is 2.15. The van der Waals surface area contributed by atoms with Gasteiger partial charge in [0.15, 0.2) is 0 Å². The highest BCUT2D eigenvalue weighted by atomic mass is 32.1. The summed E-state index contributed by atoms with van der Waals surface area (Å²) in [6, 6.07) is 11.2. The van der Waals surface area contributed by atoms with Crippen molar-refractivity contribution in [2.75, 3.05) is 6.54 Å². The highest BCUT2D eigenvalue weighted by Crippen LogP contribution is 2.31. The third kappa shape index (κ3) is 2.06. The van der Waals surface area contributed by atoms with Crippen molar-refractivity contribution in [2.24, 2.45) is 0 Å². The van der Waals surface area contributed by atoms with Gasteiger partial charge in [0.25, 0.3) is 0 Å². The Labute approximate surface area is 85.3 Å². The van der Waals surface area contributed by atoms with E-state index in [1.54, 1.807) is 0 Å². The minimum absolute atomic E-state index is 0.526. The summed E-state index contributed by atoms with van der Waals surface area (Å²) in [5.74, 6) is 0. The molecule has 0 N–H and O–H groups in total. The first kappa shape index (κ1) is 9.10. The number of thiol groups is 1. The molecule has 1 aliphatic heterocycles. The van der Waals surface area contributed by atoms with Gasteiger partial charge in [-0.25, -0.2) is 4.31 Å². The quantitative estimate of drug-likeness (QED) is 0.671. The first-order valence-corrected chi connectivity index (χ1v) is 5.28. The molecule has 0 aromatic heterocycles. The Kier molecular flexibility index (Phi) is 2.91. The minimum atomic E-state index is 0.526. The van der Waals surface area contributed by atoms with E-state index in [4.69, 9.17) is 0 Å². The lowest BCUT2D eigenvalue weighted by atomic mass is 9.98. The molecule has 1 aliphatic rings. The molecule has 0 spiro atoms. The van der Waals surface area contributed by atoms with E-state index in [-0.39, 0.29) is 0 Å². The van der Waals surface area contributed by atoms with Crippen LogP contribution in [0.4, 0.5) is 0 Å². The summed E-state index contributed by atoms with van der Waals surface area (Å²) in [5, 5.41) is 0. The van der Waals surface area contributed by atoms with Crippen molar-refractivity contribution in [1.29, 1.82) is 0 Å². The van der Waals surface area contributed by atoms with Crippen LogP contribution in [0.5, 0.6) is 0 Å². The van der Waals surface area contributed by atoms with Crippen LogP contribution in [0.3, 0.4) is 0 Å². The lowest BCUT2D eigenvalue weighted by molar-refractivity contribution is 0.282. The first-order valence-electron chi connectivity index (χ1n) is 4.88. The van der Waals surface area contributed by atoms with Gasteiger partial charge in [-0.3, -0.25) is 0 Å². The van der Waals surface area contributed by atoms with Gasteiger partial charge >= 0.3 is 0 Å². The van der Waals surface area contributed by atoms with E-state index in [0.717, 1.165) is 6.54 Å². The fourth-order valence-corrected chi connectivity index (χ4v) is 2.32. The Bertz CT molecular complexity index is 260. The molecule has 1 aromatic rings. The second-order valence-electron chi connectivity index (χ2n) is 3.59. The van der Waals surface area contributed by atoms with Crippen LogP contribution in [-0.4, -0.2) is 10.8 Å². The Hall–Kier alpha value is -0.470. The predicted octanol–water partition coefficient (Wildman–Crippen LogP) is 3.06. The molecule has 0 bridgehead atoms. The Morgan fingerprint density at radius 2 is 1.92 bits per heavy atom. The molecule has 1 atom stereocenters. The van der Waals surface area contributed by atoms with Gasteiger partial charge in [-0.2, -0.15) is 0 Å². The summed E-state index contributed by atoms with van der Waals surface area (Å²) in [7, 11) is 0. The Morgan fingerprint density at radius 3 is 2.62 bits per heavy atom. The number of hydrogen-bond donors (Lipinski definition) is 1. The van der Waals surface area contributed by atoms with Crippen molar-refractivity contribution >= 4 is 12.8 Å². The summed E-state index contributed by atoms with van der Waals surface area (Å²) >= 11 is 4.50. The average Bonchev–Trinajstić information content (AvgIpc) is 2.20. The number of nitrogens with zero attached hydrogens (tertiary/aromatic N) is 1. The van der Waals surface area contributed by atoms with E-state index in [9.17, 15) is 0 Å². The van der Waals surface area contributed by atoms with Gasteiger partial charge in [0.05, 0.1) is 0 Å². The number of piperidine rings is 1. The molecule has 70 valence electrons. The van der Waals surface area contributed by atoms with Gasteiger partial charge in [-0.1, -0.05) is 49.6 Å². The summed E-state index contributed by atoms with van der Waals surface area (Å²) in [4.78, 5) is 0. The van der Waals surface area contributed by atoms with E-state index in [1.807, 2.05) is 0 Å². The van der Waals surface area contributed by atoms with E-state index < -0.39 is 0 Å². The van der Waals surface area contributed by atoms with Gasteiger partial charge in [-0.05, 0) is 18.4 Å². The monoisotopic (exact) mass is 193 g/mol. The van der Waals surface area contributed by atoms with Crippen molar-refractivity contribution in [1.82, 2.24) is 4.31 Å². The van der Waals surface area contributed by atoms with Crippen molar-refractivity contribution in [3.05, 3.63) is 35.9 Å². The predicted molar refractivity (Wildman–Crippen MR) is 58.7 cm³/mol. The van der Waals surface area contributed by atoms with Crippen LogP contribution in [0.15, 0.2) is 30.3 Å². The smallest absolute Gasteiger partial charge is 0.0449 e. The highest BCUT2D eigenvalue weighted by molar-refractivity contribution is 7.77. The standard InChI is InChI=1S/C11H15NS/c13-12-9-5-4-8-11(12)10-6-2-1-3-7-10/h1-3,6-7,11,13H,4-5,8-9H2. The number of rotatable bonds is 1. The van der Waals surface area contributed by atoms with Crippen LogP contribution in [0.2, 0.25) is 0 Å². The van der Waals surface area contributed by atoms with E-state index in [1.165, 1.54) is 24.8 Å². The summed E-state index contributed by atoms with van der Waals surface area (Å²) < 4.78 is 2.17. The molecule has 1 aromatic carbocycles. The third-order valence-electron chi connectivity index (χ3n) is 2.66. The largest absolute Gasteiger partial charge is 0.246 e. The minimum Gasteiger partial charge on any atom is -0.246 e. The first-order chi connectivity index (χ1) is 6.38. The maximum Gasteiger partial charge on any atom is 0.0449 e. The molecule has 2 heteroatoms. The molecule has 1 saturated heterocycles. The van der Waals surface area contributed by atoms with Crippen LogP contribution in [0.25, 0.3) is 0 Å². The molecular weight excluding hydrogens is 178 g/mol. The van der Waals surface area contributed by atoms with Crippen LogP contribution in [-0.2, 0) is 0 Å². The van der Waals surface area contributed by atoms with Gasteiger partial charge in [0, 0.05) is 12.6 Å². The molecular formula is C11H15NS.